The van der Waals surface area contributed by atoms with E-state index in [0.29, 0.717) is 24.2 Å². The van der Waals surface area contributed by atoms with Crippen LogP contribution in [0.25, 0.3) is 22.5 Å². The van der Waals surface area contributed by atoms with Crippen LogP contribution in [0.5, 0.6) is 0 Å². The Bertz CT molecular complexity index is 1400. The Morgan fingerprint density at radius 3 is 2.59 bits per heavy atom. The van der Waals surface area contributed by atoms with E-state index in [9.17, 15) is 4.79 Å². The maximum Gasteiger partial charge on any atom is 0.328 e. The lowest BCUT2D eigenvalue weighted by Gasteiger charge is -2.32. The molecule has 1 fully saturated rings. The molecule has 0 aliphatic heterocycles. The molecule has 1 N–H and O–H groups in total. The molecule has 0 saturated heterocycles. The number of aromatic nitrogens is 7. The second-order valence-electron chi connectivity index (χ2n) is 11.3. The summed E-state index contributed by atoms with van der Waals surface area (Å²) in [4.78, 5) is 18.7. The lowest BCUT2D eigenvalue weighted by molar-refractivity contribution is 0.200. The molecule has 0 spiro atoms. The molecule has 8 nitrogen and oxygen atoms in total. The van der Waals surface area contributed by atoms with E-state index in [1.165, 1.54) is 32.1 Å². The van der Waals surface area contributed by atoms with Gasteiger partial charge in [-0.3, -0.25) is 14.1 Å². The number of nitrogens with one attached hydrogen (secondary N) is 1. The van der Waals surface area contributed by atoms with Gasteiger partial charge in [-0.2, -0.15) is 0 Å². The molecule has 2 unspecified atom stereocenters. The number of hydrogen-bond acceptors (Lipinski definition) is 5. The number of benzene rings is 1. The van der Waals surface area contributed by atoms with Crippen molar-refractivity contribution in [1.29, 1.82) is 0 Å². The van der Waals surface area contributed by atoms with Crippen LogP contribution in [0.2, 0.25) is 0 Å². The van der Waals surface area contributed by atoms with Crippen LogP contribution in [0.3, 0.4) is 0 Å². The van der Waals surface area contributed by atoms with Crippen molar-refractivity contribution in [1.82, 2.24) is 34.7 Å². The molecule has 1 aliphatic carbocycles. The van der Waals surface area contributed by atoms with Crippen LogP contribution >= 0.6 is 0 Å². The number of pyridine rings is 1. The number of unbranched alkanes of at least 4 members (excludes halogenated alkanes) is 1. The highest BCUT2D eigenvalue weighted by Crippen LogP contribution is 2.36. The quantitative estimate of drug-likeness (QED) is 0.270. The Morgan fingerprint density at radius 1 is 1.03 bits per heavy atom. The first kappa shape index (κ1) is 27.0. The first-order chi connectivity index (χ1) is 19.0. The summed E-state index contributed by atoms with van der Waals surface area (Å²) in [6.07, 6.45) is 14.4. The average Bonchev–Trinajstić information content (AvgIpc) is 3.57. The van der Waals surface area contributed by atoms with Crippen molar-refractivity contribution in [2.45, 2.75) is 91.1 Å². The summed E-state index contributed by atoms with van der Waals surface area (Å²) in [7, 11) is 0. The molecule has 39 heavy (non-hydrogen) atoms. The second-order valence-corrected chi connectivity index (χ2v) is 11.3. The number of aromatic amines is 1. The Morgan fingerprint density at radius 2 is 1.82 bits per heavy atom. The fourth-order valence-electron chi connectivity index (χ4n) is 6.16. The summed E-state index contributed by atoms with van der Waals surface area (Å²) in [6.45, 7) is 7.33. The van der Waals surface area contributed by atoms with Crippen molar-refractivity contribution in [2.75, 3.05) is 0 Å². The molecular weight excluding hydrogens is 486 g/mol. The van der Waals surface area contributed by atoms with Crippen LogP contribution in [0, 0.1) is 11.8 Å². The molecule has 2 atom stereocenters. The zero-order chi connectivity index (χ0) is 27.2. The molecule has 5 rings (SSSR count). The number of imidazole rings is 1. The summed E-state index contributed by atoms with van der Waals surface area (Å²) in [6, 6.07) is 12.5. The minimum absolute atomic E-state index is 0.115. The zero-order valence-corrected chi connectivity index (χ0v) is 23.5. The van der Waals surface area contributed by atoms with E-state index >= 15 is 0 Å². The standard InChI is InChI=1S/C31H41N7O/c1-4-5-13-27-21-38(29-15-9-7-6-8-14-28(29)22(2)3)31(39)37(27)20-26-19-24(16-17-32-26)23-11-10-12-25(18-23)30-33-35-36-34-30/h10-12,16-19,21-22,28-29H,4-9,13-15,20H2,1-3H3,(H,33,34,35,36). The highest BCUT2D eigenvalue weighted by Gasteiger charge is 2.29. The molecule has 0 bridgehead atoms. The van der Waals surface area contributed by atoms with Gasteiger partial charge in [-0.15, -0.1) is 5.10 Å². The van der Waals surface area contributed by atoms with E-state index in [0.717, 1.165) is 53.8 Å². The third kappa shape index (κ3) is 6.21. The maximum absolute atomic E-state index is 14.0. The maximum atomic E-state index is 14.0. The van der Waals surface area contributed by atoms with E-state index in [1.807, 2.05) is 29.0 Å². The number of aryl methyl sites for hydroxylation is 1. The molecule has 3 aromatic heterocycles. The first-order valence-corrected chi connectivity index (χ1v) is 14.6. The normalized spacial score (nSPS) is 18.3. The molecule has 0 amide bonds. The summed E-state index contributed by atoms with van der Waals surface area (Å²) in [5.41, 5.74) is 5.15. The number of tetrazole rings is 1. The van der Waals surface area contributed by atoms with Crippen LogP contribution in [-0.4, -0.2) is 34.7 Å². The van der Waals surface area contributed by atoms with Crippen LogP contribution in [0.15, 0.2) is 53.6 Å². The summed E-state index contributed by atoms with van der Waals surface area (Å²) in [5, 5.41) is 14.3. The van der Waals surface area contributed by atoms with Gasteiger partial charge >= 0.3 is 5.69 Å². The second kappa shape index (κ2) is 12.5. The highest BCUT2D eigenvalue weighted by molar-refractivity contribution is 5.70. The van der Waals surface area contributed by atoms with Crippen LogP contribution < -0.4 is 5.69 Å². The van der Waals surface area contributed by atoms with Gasteiger partial charge in [-0.1, -0.05) is 71.1 Å². The topological polar surface area (TPSA) is 94.3 Å². The Hall–Kier alpha value is -3.55. The summed E-state index contributed by atoms with van der Waals surface area (Å²) < 4.78 is 4.08. The minimum Gasteiger partial charge on any atom is -0.296 e. The SMILES string of the molecule is CCCCc1cn(C2CCCCCCC2C(C)C)c(=O)n1Cc1cc(-c2cccc(-c3nnn[nH]3)c2)ccn1. The van der Waals surface area contributed by atoms with E-state index < -0.39 is 0 Å². The van der Waals surface area contributed by atoms with E-state index in [4.69, 9.17) is 0 Å². The van der Waals surface area contributed by atoms with Crippen molar-refractivity contribution >= 4 is 0 Å². The predicted octanol–water partition coefficient (Wildman–Crippen LogP) is 6.45. The largest absolute Gasteiger partial charge is 0.328 e. The van der Waals surface area contributed by atoms with Crippen molar-refractivity contribution in [3.05, 3.63) is 70.7 Å². The number of nitrogens with zero attached hydrogens (tertiary/aromatic N) is 6. The molecule has 1 aliphatic rings. The van der Waals surface area contributed by atoms with Gasteiger partial charge in [-0.05, 0) is 77.3 Å². The smallest absolute Gasteiger partial charge is 0.296 e. The fourth-order valence-corrected chi connectivity index (χ4v) is 6.16. The summed E-state index contributed by atoms with van der Waals surface area (Å²) in [5.74, 6) is 1.73. The molecule has 8 heteroatoms. The molecule has 3 heterocycles. The zero-order valence-electron chi connectivity index (χ0n) is 23.5. The molecule has 4 aromatic rings. The lowest BCUT2D eigenvalue weighted by Crippen LogP contribution is -2.34. The highest BCUT2D eigenvalue weighted by atomic mass is 16.1. The Labute approximate surface area is 230 Å². The Balaban J connectivity index is 1.47. The van der Waals surface area contributed by atoms with Gasteiger partial charge in [-0.25, -0.2) is 9.89 Å². The van der Waals surface area contributed by atoms with Crippen LogP contribution in [-0.2, 0) is 13.0 Å². The molecule has 1 saturated carbocycles. The number of H-pyrrole nitrogens is 1. The van der Waals surface area contributed by atoms with Gasteiger partial charge in [0.05, 0.1) is 12.2 Å². The molecule has 1 aromatic carbocycles. The van der Waals surface area contributed by atoms with Gasteiger partial charge < -0.3 is 0 Å². The van der Waals surface area contributed by atoms with Gasteiger partial charge in [0.25, 0.3) is 0 Å². The minimum atomic E-state index is 0.115. The van der Waals surface area contributed by atoms with Crippen molar-refractivity contribution < 1.29 is 0 Å². The van der Waals surface area contributed by atoms with Crippen LogP contribution in [0.1, 0.15) is 89.6 Å². The monoisotopic (exact) mass is 527 g/mol. The van der Waals surface area contributed by atoms with Gasteiger partial charge in [0.1, 0.15) is 0 Å². The third-order valence-corrected chi connectivity index (χ3v) is 8.32. The molecule has 206 valence electrons. The lowest BCUT2D eigenvalue weighted by atomic mass is 9.80. The van der Waals surface area contributed by atoms with Crippen molar-refractivity contribution in [3.63, 3.8) is 0 Å². The van der Waals surface area contributed by atoms with Gasteiger partial charge in [0, 0.05) is 29.7 Å². The average molecular weight is 528 g/mol. The van der Waals surface area contributed by atoms with Crippen molar-refractivity contribution in [3.8, 4) is 22.5 Å². The van der Waals surface area contributed by atoms with E-state index in [2.05, 4.69) is 75.3 Å². The summed E-state index contributed by atoms with van der Waals surface area (Å²) >= 11 is 0. The molecule has 0 radical (unpaired) electrons. The number of rotatable bonds is 9. The van der Waals surface area contributed by atoms with Gasteiger partial charge in [0.2, 0.25) is 0 Å². The van der Waals surface area contributed by atoms with Crippen LogP contribution in [0.4, 0.5) is 0 Å². The van der Waals surface area contributed by atoms with Gasteiger partial charge in [0.15, 0.2) is 5.82 Å². The third-order valence-electron chi connectivity index (χ3n) is 8.32. The number of hydrogen-bond donors (Lipinski definition) is 1. The van der Waals surface area contributed by atoms with E-state index in [1.54, 1.807) is 0 Å². The fraction of sp³-hybridized carbons (Fsp3) is 0.516. The molecular formula is C31H41N7O. The Kier molecular flexibility index (Phi) is 8.69. The first-order valence-electron chi connectivity index (χ1n) is 14.6. The predicted molar refractivity (Wildman–Crippen MR) is 154 cm³/mol. The van der Waals surface area contributed by atoms with Crippen molar-refractivity contribution in [2.24, 2.45) is 11.8 Å². The van der Waals surface area contributed by atoms with E-state index in [-0.39, 0.29) is 11.7 Å².